The van der Waals surface area contributed by atoms with E-state index in [9.17, 15) is 9.90 Å². The predicted octanol–water partition coefficient (Wildman–Crippen LogP) is 2.45. The van der Waals surface area contributed by atoms with Crippen LogP contribution in [0.3, 0.4) is 0 Å². The number of carbonyl (C=O) groups excluding carboxylic acids is 1. The van der Waals surface area contributed by atoms with Gasteiger partial charge in [0.05, 0.1) is 19.1 Å². The summed E-state index contributed by atoms with van der Waals surface area (Å²) in [6, 6.07) is 9.02. The van der Waals surface area contributed by atoms with E-state index in [2.05, 4.69) is 5.32 Å². The number of ether oxygens (including phenoxy) is 1. The van der Waals surface area contributed by atoms with E-state index >= 15 is 0 Å². The van der Waals surface area contributed by atoms with Crippen LogP contribution in [0.2, 0.25) is 0 Å². The Hall–Kier alpha value is -1.85. The highest BCUT2D eigenvalue weighted by Crippen LogP contribution is 2.44. The zero-order valence-corrected chi connectivity index (χ0v) is 12.7. The lowest BCUT2D eigenvalue weighted by molar-refractivity contribution is -0.151. The lowest BCUT2D eigenvalue weighted by Crippen LogP contribution is -2.59. The number of benzene rings is 1. The summed E-state index contributed by atoms with van der Waals surface area (Å²) >= 11 is 1.58. The molecule has 1 aliphatic heterocycles. The molecule has 3 atom stereocenters. The molecule has 2 aromatic rings. The zero-order valence-electron chi connectivity index (χ0n) is 11.9. The van der Waals surface area contributed by atoms with Crippen LogP contribution in [0, 0.1) is 5.92 Å². The summed E-state index contributed by atoms with van der Waals surface area (Å²) < 4.78 is 5.12. The number of nitrogens with one attached hydrogen (secondary N) is 1. The summed E-state index contributed by atoms with van der Waals surface area (Å²) in [5.41, 5.74) is 0.531. The monoisotopic (exact) mass is 303 g/mol. The number of hydrogen-bond donors (Lipinski definition) is 2. The maximum atomic E-state index is 12.0. The third-order valence-electron chi connectivity index (χ3n) is 4.10. The maximum absolute atomic E-state index is 12.0. The van der Waals surface area contributed by atoms with Gasteiger partial charge in [-0.15, -0.1) is 0 Å². The molecule has 1 aromatic carbocycles. The Kier molecular flexibility index (Phi) is 3.47. The third-order valence-corrected chi connectivity index (χ3v) is 4.80. The Morgan fingerprint density at radius 3 is 2.52 bits per heavy atom. The predicted molar refractivity (Wildman–Crippen MR) is 81.3 cm³/mol. The van der Waals surface area contributed by atoms with Crippen LogP contribution in [-0.2, 0) is 10.4 Å². The smallest absolute Gasteiger partial charge is 0.229 e. The number of methoxy groups -OCH3 is 1. The van der Waals surface area contributed by atoms with Crippen LogP contribution < -0.4 is 10.1 Å². The first-order chi connectivity index (χ1) is 10.0. The van der Waals surface area contributed by atoms with Crippen LogP contribution >= 0.6 is 11.3 Å². The van der Waals surface area contributed by atoms with Gasteiger partial charge in [0.15, 0.2) is 0 Å². The molecule has 3 rings (SSSR count). The van der Waals surface area contributed by atoms with Crippen molar-refractivity contribution in [3.63, 3.8) is 0 Å². The summed E-state index contributed by atoms with van der Waals surface area (Å²) in [6.07, 6.45) is 0. The second-order valence-corrected chi connectivity index (χ2v) is 6.18. The molecule has 2 N–H and O–H groups in total. The van der Waals surface area contributed by atoms with Gasteiger partial charge in [0, 0.05) is 0 Å². The number of β-lactam (4-membered cyclic amide) rings is 1. The van der Waals surface area contributed by atoms with Crippen molar-refractivity contribution in [1.29, 1.82) is 0 Å². The number of aliphatic hydroxyl groups is 1. The van der Waals surface area contributed by atoms with E-state index in [-0.39, 0.29) is 11.9 Å². The fourth-order valence-corrected chi connectivity index (χ4v) is 3.49. The van der Waals surface area contributed by atoms with Crippen LogP contribution in [0.4, 0.5) is 0 Å². The minimum Gasteiger partial charge on any atom is -0.497 e. The van der Waals surface area contributed by atoms with Crippen molar-refractivity contribution in [2.45, 2.75) is 18.6 Å². The van der Waals surface area contributed by atoms with E-state index in [0.717, 1.165) is 11.3 Å². The Labute approximate surface area is 127 Å². The number of hydrogen-bond acceptors (Lipinski definition) is 4. The van der Waals surface area contributed by atoms with Gasteiger partial charge >= 0.3 is 0 Å². The van der Waals surface area contributed by atoms with E-state index in [4.69, 9.17) is 4.74 Å². The van der Waals surface area contributed by atoms with Crippen molar-refractivity contribution in [3.8, 4) is 5.75 Å². The highest BCUT2D eigenvalue weighted by molar-refractivity contribution is 7.08. The highest BCUT2D eigenvalue weighted by atomic mass is 32.1. The van der Waals surface area contributed by atoms with E-state index in [0.29, 0.717) is 5.56 Å². The molecule has 110 valence electrons. The molecular weight excluding hydrogens is 286 g/mol. The molecule has 2 heterocycles. The van der Waals surface area contributed by atoms with Crippen molar-refractivity contribution in [2.75, 3.05) is 7.11 Å². The second-order valence-electron chi connectivity index (χ2n) is 5.40. The molecule has 1 fully saturated rings. The number of thiophene rings is 1. The van der Waals surface area contributed by atoms with Crippen LogP contribution in [0.15, 0.2) is 41.1 Å². The molecule has 5 heteroatoms. The Bertz CT molecular complexity index is 634. The quantitative estimate of drug-likeness (QED) is 0.853. The molecule has 1 amide bonds. The fourth-order valence-electron chi connectivity index (χ4n) is 2.80. The summed E-state index contributed by atoms with van der Waals surface area (Å²) in [5, 5.41) is 17.8. The first-order valence-corrected chi connectivity index (χ1v) is 7.67. The molecule has 0 radical (unpaired) electrons. The fraction of sp³-hybridized carbons (Fsp3) is 0.312. The van der Waals surface area contributed by atoms with Crippen LogP contribution in [0.25, 0.3) is 0 Å². The van der Waals surface area contributed by atoms with Gasteiger partial charge in [-0.05, 0) is 47.0 Å². The Morgan fingerprint density at radius 2 is 2.00 bits per heavy atom. The maximum Gasteiger partial charge on any atom is 0.229 e. The van der Waals surface area contributed by atoms with Crippen LogP contribution in [0.5, 0.6) is 5.75 Å². The van der Waals surface area contributed by atoms with Crippen molar-refractivity contribution in [2.24, 2.45) is 5.92 Å². The summed E-state index contributed by atoms with van der Waals surface area (Å²) in [6.45, 7) is 1.69. The average molecular weight is 303 g/mol. The van der Waals surface area contributed by atoms with Gasteiger partial charge in [-0.2, -0.15) is 11.3 Å². The molecule has 0 saturated carbocycles. The topological polar surface area (TPSA) is 58.6 Å². The minimum absolute atomic E-state index is 0.119. The van der Waals surface area contributed by atoms with E-state index in [1.54, 1.807) is 49.6 Å². The molecule has 0 aliphatic carbocycles. The highest BCUT2D eigenvalue weighted by Gasteiger charge is 2.51. The summed E-state index contributed by atoms with van der Waals surface area (Å²) in [7, 11) is 1.60. The van der Waals surface area contributed by atoms with Gasteiger partial charge in [-0.1, -0.05) is 12.1 Å². The van der Waals surface area contributed by atoms with Gasteiger partial charge in [0.1, 0.15) is 11.4 Å². The van der Waals surface area contributed by atoms with Crippen molar-refractivity contribution in [3.05, 3.63) is 52.2 Å². The lowest BCUT2D eigenvalue weighted by atomic mass is 9.71. The number of carbonyl (C=O) groups is 1. The van der Waals surface area contributed by atoms with Gasteiger partial charge < -0.3 is 15.2 Å². The molecule has 1 aromatic heterocycles. The lowest BCUT2D eigenvalue weighted by Gasteiger charge is -2.45. The van der Waals surface area contributed by atoms with Crippen molar-refractivity contribution >= 4 is 17.2 Å². The second kappa shape index (κ2) is 5.16. The van der Waals surface area contributed by atoms with Gasteiger partial charge in [-0.3, -0.25) is 4.79 Å². The standard InChI is InChI=1S/C16H17NO3S/c1-16(19,11-3-5-12(20-2)6-4-11)13-14(17-15(13)18)10-7-8-21-9-10/h3-9,13-14,19H,1-2H3,(H,17,18). The van der Waals surface area contributed by atoms with E-state index in [1.807, 2.05) is 16.8 Å². The molecule has 1 aliphatic rings. The summed E-state index contributed by atoms with van der Waals surface area (Å²) in [5.74, 6) is 0.120. The number of amides is 1. The largest absolute Gasteiger partial charge is 0.497 e. The average Bonchev–Trinajstić information content (AvgIpc) is 2.97. The molecule has 0 bridgehead atoms. The molecule has 3 unspecified atom stereocenters. The Balaban J connectivity index is 1.90. The molecule has 21 heavy (non-hydrogen) atoms. The van der Waals surface area contributed by atoms with Crippen molar-refractivity contribution in [1.82, 2.24) is 5.32 Å². The van der Waals surface area contributed by atoms with E-state index < -0.39 is 11.5 Å². The van der Waals surface area contributed by atoms with Crippen molar-refractivity contribution < 1.29 is 14.6 Å². The SMILES string of the molecule is COc1ccc(C(C)(O)C2C(=O)NC2c2ccsc2)cc1. The van der Waals surface area contributed by atoms with Gasteiger partial charge in [-0.25, -0.2) is 0 Å². The first-order valence-electron chi connectivity index (χ1n) is 6.73. The molecule has 1 saturated heterocycles. The van der Waals surface area contributed by atoms with Gasteiger partial charge in [0.2, 0.25) is 5.91 Å². The molecule has 4 nitrogen and oxygen atoms in total. The molecular formula is C16H17NO3S. The van der Waals surface area contributed by atoms with Gasteiger partial charge in [0.25, 0.3) is 0 Å². The van der Waals surface area contributed by atoms with Crippen LogP contribution in [-0.4, -0.2) is 18.1 Å². The third kappa shape index (κ3) is 2.32. The first kappa shape index (κ1) is 14.1. The molecule has 0 spiro atoms. The summed E-state index contributed by atoms with van der Waals surface area (Å²) in [4.78, 5) is 12.0. The Morgan fingerprint density at radius 1 is 1.29 bits per heavy atom. The van der Waals surface area contributed by atoms with E-state index in [1.165, 1.54) is 0 Å². The zero-order chi connectivity index (χ0) is 15.0. The normalized spacial score (nSPS) is 23.9. The van der Waals surface area contributed by atoms with Crippen LogP contribution in [0.1, 0.15) is 24.1 Å². The number of rotatable bonds is 4. The minimum atomic E-state index is -1.22.